The molecule has 0 saturated carbocycles. The molecule has 0 aliphatic heterocycles. The van der Waals surface area contributed by atoms with Crippen molar-refractivity contribution in [2.24, 2.45) is 0 Å². The predicted molar refractivity (Wildman–Crippen MR) is 85.0 cm³/mol. The number of rotatable bonds is 5. The molecule has 0 radical (unpaired) electrons. The van der Waals surface area contributed by atoms with E-state index < -0.39 is 5.97 Å². The normalized spacial score (nSPS) is 10.9. The van der Waals surface area contributed by atoms with Gasteiger partial charge < -0.3 is 9.26 Å². The average Bonchev–Trinajstić information content (AvgIpc) is 3.09. The molecular formula is C18H13FN2O3. The molecule has 120 valence electrons. The van der Waals surface area contributed by atoms with E-state index in [1.807, 2.05) is 30.3 Å². The summed E-state index contributed by atoms with van der Waals surface area (Å²) < 4.78 is 22.8. The van der Waals surface area contributed by atoms with Crippen LogP contribution in [0.1, 0.15) is 11.5 Å². The van der Waals surface area contributed by atoms with Gasteiger partial charge in [-0.1, -0.05) is 47.6 Å². The average molecular weight is 324 g/mol. The van der Waals surface area contributed by atoms with Crippen molar-refractivity contribution < 1.29 is 18.4 Å². The molecular weight excluding hydrogens is 311 g/mol. The quantitative estimate of drug-likeness (QED) is 0.529. The Morgan fingerprint density at radius 2 is 1.88 bits per heavy atom. The number of esters is 1. The van der Waals surface area contributed by atoms with Crippen LogP contribution in [0.3, 0.4) is 0 Å². The molecule has 1 aromatic heterocycles. The van der Waals surface area contributed by atoms with Crippen LogP contribution < -0.4 is 0 Å². The molecule has 0 aliphatic carbocycles. The Kier molecular flexibility index (Phi) is 4.76. The minimum atomic E-state index is -0.557. The molecule has 3 rings (SSSR count). The molecule has 0 aliphatic rings. The first kappa shape index (κ1) is 15.6. The van der Waals surface area contributed by atoms with Crippen molar-refractivity contribution in [3.63, 3.8) is 0 Å². The Hall–Kier alpha value is -3.28. The van der Waals surface area contributed by atoms with E-state index in [0.717, 1.165) is 5.56 Å². The molecule has 6 heteroatoms. The van der Waals surface area contributed by atoms with E-state index >= 15 is 0 Å². The summed E-state index contributed by atoms with van der Waals surface area (Å²) in [5, 5.41) is 3.84. The third-order valence-electron chi connectivity index (χ3n) is 3.12. The van der Waals surface area contributed by atoms with Gasteiger partial charge in [0.05, 0.1) is 0 Å². The molecule has 5 nitrogen and oxygen atoms in total. The highest BCUT2D eigenvalue weighted by Gasteiger charge is 2.09. The Labute approximate surface area is 137 Å². The number of benzene rings is 2. The standard InChI is InChI=1S/C18H13FN2O3/c19-15-9-6-13(7-10-15)8-11-17(22)23-12-16-20-18(21-24-16)14-4-2-1-3-5-14/h1-11H,12H2/b11-8+. The summed E-state index contributed by atoms with van der Waals surface area (Å²) in [5.74, 6) is -0.250. The lowest BCUT2D eigenvalue weighted by molar-refractivity contribution is -0.139. The molecule has 3 aromatic rings. The fourth-order valence-corrected chi connectivity index (χ4v) is 1.94. The molecule has 24 heavy (non-hydrogen) atoms. The van der Waals surface area contributed by atoms with Gasteiger partial charge in [0.2, 0.25) is 5.82 Å². The van der Waals surface area contributed by atoms with E-state index in [4.69, 9.17) is 9.26 Å². The van der Waals surface area contributed by atoms with E-state index in [0.29, 0.717) is 11.4 Å². The summed E-state index contributed by atoms with van der Waals surface area (Å²) in [6.45, 7) is -0.119. The van der Waals surface area contributed by atoms with Crippen LogP contribution in [0.2, 0.25) is 0 Å². The first-order valence-corrected chi connectivity index (χ1v) is 7.19. The lowest BCUT2D eigenvalue weighted by atomic mass is 10.2. The number of hydrogen-bond acceptors (Lipinski definition) is 5. The highest BCUT2D eigenvalue weighted by atomic mass is 19.1. The third-order valence-corrected chi connectivity index (χ3v) is 3.12. The molecule has 0 saturated heterocycles. The van der Waals surface area contributed by atoms with Crippen LogP contribution in [0.15, 0.2) is 65.2 Å². The molecule has 0 amide bonds. The summed E-state index contributed by atoms with van der Waals surface area (Å²) in [6.07, 6.45) is 2.78. The van der Waals surface area contributed by atoms with Crippen LogP contribution in [0.4, 0.5) is 4.39 Å². The van der Waals surface area contributed by atoms with Crippen molar-refractivity contribution >= 4 is 12.0 Å². The van der Waals surface area contributed by atoms with Gasteiger partial charge in [-0.2, -0.15) is 4.98 Å². The topological polar surface area (TPSA) is 65.2 Å². The highest BCUT2D eigenvalue weighted by molar-refractivity contribution is 5.86. The van der Waals surface area contributed by atoms with E-state index in [2.05, 4.69) is 10.1 Å². The second-order valence-corrected chi connectivity index (χ2v) is 4.87. The van der Waals surface area contributed by atoms with Crippen LogP contribution in [0.5, 0.6) is 0 Å². The zero-order valence-corrected chi connectivity index (χ0v) is 12.6. The largest absolute Gasteiger partial charge is 0.452 e. The highest BCUT2D eigenvalue weighted by Crippen LogP contribution is 2.15. The Balaban J connectivity index is 1.55. The van der Waals surface area contributed by atoms with Gasteiger partial charge in [0.1, 0.15) is 5.82 Å². The van der Waals surface area contributed by atoms with Gasteiger partial charge >= 0.3 is 5.97 Å². The van der Waals surface area contributed by atoms with Crippen molar-refractivity contribution in [2.75, 3.05) is 0 Å². The Bertz CT molecular complexity index is 842. The van der Waals surface area contributed by atoms with Crippen LogP contribution in [0.25, 0.3) is 17.5 Å². The summed E-state index contributed by atoms with van der Waals surface area (Å²) in [4.78, 5) is 15.8. The first-order valence-electron chi connectivity index (χ1n) is 7.19. The van der Waals surface area contributed by atoms with Gasteiger partial charge in [-0.3, -0.25) is 0 Å². The number of ether oxygens (including phenoxy) is 1. The number of nitrogens with zero attached hydrogens (tertiary/aromatic N) is 2. The lowest BCUT2D eigenvalue weighted by Gasteiger charge is -1.97. The molecule has 0 N–H and O–H groups in total. The van der Waals surface area contributed by atoms with Gasteiger partial charge in [0.15, 0.2) is 6.61 Å². The van der Waals surface area contributed by atoms with Crippen molar-refractivity contribution in [3.05, 3.63) is 77.9 Å². The minimum absolute atomic E-state index is 0.119. The van der Waals surface area contributed by atoms with Crippen molar-refractivity contribution in [3.8, 4) is 11.4 Å². The Morgan fingerprint density at radius 1 is 1.12 bits per heavy atom. The summed E-state index contributed by atoms with van der Waals surface area (Å²) in [7, 11) is 0. The van der Waals surface area contributed by atoms with Crippen molar-refractivity contribution in [1.29, 1.82) is 0 Å². The fourth-order valence-electron chi connectivity index (χ4n) is 1.94. The zero-order chi connectivity index (χ0) is 16.8. The number of aromatic nitrogens is 2. The van der Waals surface area contributed by atoms with Crippen LogP contribution >= 0.6 is 0 Å². The fraction of sp³-hybridized carbons (Fsp3) is 0.0556. The Morgan fingerprint density at radius 3 is 2.62 bits per heavy atom. The maximum absolute atomic E-state index is 12.8. The van der Waals surface area contributed by atoms with Gasteiger partial charge in [0, 0.05) is 11.6 Å². The van der Waals surface area contributed by atoms with Crippen LogP contribution in [-0.2, 0) is 16.1 Å². The molecule has 1 heterocycles. The van der Waals surface area contributed by atoms with Gasteiger partial charge in [-0.25, -0.2) is 9.18 Å². The first-order chi connectivity index (χ1) is 11.7. The monoisotopic (exact) mass is 324 g/mol. The van der Waals surface area contributed by atoms with Gasteiger partial charge in [-0.15, -0.1) is 0 Å². The molecule has 0 atom stereocenters. The van der Waals surface area contributed by atoms with E-state index in [-0.39, 0.29) is 18.3 Å². The summed E-state index contributed by atoms with van der Waals surface area (Å²) in [6, 6.07) is 15.1. The van der Waals surface area contributed by atoms with Crippen molar-refractivity contribution in [1.82, 2.24) is 10.1 Å². The van der Waals surface area contributed by atoms with Crippen molar-refractivity contribution in [2.45, 2.75) is 6.61 Å². The van der Waals surface area contributed by atoms with E-state index in [9.17, 15) is 9.18 Å². The maximum atomic E-state index is 12.8. The number of carbonyl (C=O) groups is 1. The number of carbonyl (C=O) groups excluding carboxylic acids is 1. The smallest absolute Gasteiger partial charge is 0.331 e. The number of hydrogen-bond donors (Lipinski definition) is 0. The van der Waals surface area contributed by atoms with E-state index in [1.54, 1.807) is 12.1 Å². The third kappa shape index (κ3) is 4.13. The second kappa shape index (κ2) is 7.32. The number of halogens is 1. The summed E-state index contributed by atoms with van der Waals surface area (Å²) >= 11 is 0. The van der Waals surface area contributed by atoms with Crippen LogP contribution in [-0.4, -0.2) is 16.1 Å². The lowest BCUT2D eigenvalue weighted by Crippen LogP contribution is -2.00. The zero-order valence-electron chi connectivity index (χ0n) is 12.6. The molecule has 0 fully saturated rings. The molecule has 0 unspecified atom stereocenters. The minimum Gasteiger partial charge on any atom is -0.452 e. The SMILES string of the molecule is O=C(/C=C/c1ccc(F)cc1)OCc1nc(-c2ccccc2)no1. The van der Waals surface area contributed by atoms with Gasteiger partial charge in [0.25, 0.3) is 5.89 Å². The second-order valence-electron chi connectivity index (χ2n) is 4.87. The summed E-state index contributed by atoms with van der Waals surface area (Å²) in [5.41, 5.74) is 1.51. The van der Waals surface area contributed by atoms with Crippen LogP contribution in [0, 0.1) is 5.82 Å². The molecule has 2 aromatic carbocycles. The predicted octanol–water partition coefficient (Wildman–Crippen LogP) is 3.63. The maximum Gasteiger partial charge on any atom is 0.331 e. The molecule has 0 bridgehead atoms. The van der Waals surface area contributed by atoms with E-state index in [1.165, 1.54) is 24.3 Å². The van der Waals surface area contributed by atoms with Gasteiger partial charge in [-0.05, 0) is 23.8 Å². The molecule has 0 spiro atoms.